The molecule has 2 unspecified atom stereocenters. The Morgan fingerprint density at radius 2 is 2.17 bits per heavy atom. The molecule has 2 atom stereocenters. The summed E-state index contributed by atoms with van der Waals surface area (Å²) in [6.45, 7) is 4.20. The Morgan fingerprint density at radius 3 is 3.00 bits per heavy atom. The number of halogens is 1. The Balaban J connectivity index is 1.67. The monoisotopic (exact) mass is 328 g/mol. The largest absolute Gasteiger partial charge is 0.364 e. The van der Waals surface area contributed by atoms with E-state index in [9.17, 15) is 0 Å². The molecule has 23 heavy (non-hydrogen) atoms. The van der Waals surface area contributed by atoms with Crippen LogP contribution in [-0.2, 0) is 0 Å². The molecule has 1 saturated heterocycles. The van der Waals surface area contributed by atoms with Crippen molar-refractivity contribution in [2.75, 3.05) is 18.4 Å². The zero-order valence-corrected chi connectivity index (χ0v) is 13.5. The smallest absolute Gasteiger partial charge is 0.145 e. The van der Waals surface area contributed by atoms with Crippen LogP contribution in [0.25, 0.3) is 16.8 Å². The van der Waals surface area contributed by atoms with Gasteiger partial charge in [-0.25, -0.2) is 9.50 Å². The van der Waals surface area contributed by atoms with Crippen molar-refractivity contribution < 1.29 is 0 Å². The minimum atomic E-state index is 0.377. The number of hydrogen-bond donors (Lipinski definition) is 2. The molecule has 0 saturated carbocycles. The zero-order chi connectivity index (χ0) is 15.8. The quantitative estimate of drug-likeness (QED) is 0.773. The number of rotatable bonds is 3. The third kappa shape index (κ3) is 2.75. The average molecular weight is 329 g/mol. The summed E-state index contributed by atoms with van der Waals surface area (Å²) in [5.41, 5.74) is 2.69. The third-order valence-electron chi connectivity index (χ3n) is 4.24. The molecule has 6 nitrogen and oxygen atoms in total. The van der Waals surface area contributed by atoms with Crippen LogP contribution in [0.15, 0.2) is 36.9 Å². The second-order valence-corrected chi connectivity index (χ2v) is 6.35. The fraction of sp³-hybridized carbons (Fsp3) is 0.312. The lowest BCUT2D eigenvalue weighted by molar-refractivity contribution is 0.593. The first-order valence-electron chi connectivity index (χ1n) is 7.63. The Bertz CT molecular complexity index is 845. The van der Waals surface area contributed by atoms with Crippen molar-refractivity contribution in [3.05, 3.63) is 41.9 Å². The first-order valence-corrected chi connectivity index (χ1v) is 8.01. The molecule has 0 bridgehead atoms. The molecule has 2 N–H and O–H groups in total. The number of nitrogens with zero attached hydrogens (tertiary/aromatic N) is 4. The summed E-state index contributed by atoms with van der Waals surface area (Å²) in [5, 5.41) is 11.8. The lowest BCUT2D eigenvalue weighted by Gasteiger charge is -2.16. The molecule has 0 amide bonds. The molecule has 0 radical (unpaired) electrons. The highest BCUT2D eigenvalue weighted by Gasteiger charge is 2.23. The minimum Gasteiger partial charge on any atom is -0.364 e. The van der Waals surface area contributed by atoms with Crippen LogP contribution in [0.2, 0.25) is 5.02 Å². The second-order valence-electron chi connectivity index (χ2n) is 5.91. The first kappa shape index (κ1) is 14.4. The van der Waals surface area contributed by atoms with Gasteiger partial charge in [-0.2, -0.15) is 5.10 Å². The highest BCUT2D eigenvalue weighted by molar-refractivity contribution is 6.30. The summed E-state index contributed by atoms with van der Waals surface area (Å²) in [5.74, 6) is 1.36. The lowest BCUT2D eigenvalue weighted by Crippen LogP contribution is -2.27. The Kier molecular flexibility index (Phi) is 3.63. The van der Waals surface area contributed by atoms with Gasteiger partial charge in [-0.3, -0.25) is 4.98 Å². The molecule has 3 aromatic heterocycles. The van der Waals surface area contributed by atoms with Crippen LogP contribution in [0.5, 0.6) is 0 Å². The van der Waals surface area contributed by atoms with E-state index in [0.29, 0.717) is 17.0 Å². The minimum absolute atomic E-state index is 0.377. The van der Waals surface area contributed by atoms with Crippen molar-refractivity contribution in [2.45, 2.75) is 13.0 Å². The molecule has 0 spiro atoms. The van der Waals surface area contributed by atoms with Crippen LogP contribution < -0.4 is 10.6 Å². The highest BCUT2D eigenvalue weighted by Crippen LogP contribution is 2.25. The van der Waals surface area contributed by atoms with Crippen molar-refractivity contribution in [1.29, 1.82) is 0 Å². The summed E-state index contributed by atoms with van der Waals surface area (Å²) in [6.07, 6.45) is 7.09. The molecule has 1 fully saturated rings. The second kappa shape index (κ2) is 5.79. The Hall–Kier alpha value is -2.18. The van der Waals surface area contributed by atoms with Gasteiger partial charge in [-0.1, -0.05) is 18.5 Å². The molecule has 3 aromatic rings. The van der Waals surface area contributed by atoms with Crippen molar-refractivity contribution in [3.63, 3.8) is 0 Å². The first-order chi connectivity index (χ1) is 11.2. The van der Waals surface area contributed by atoms with Crippen LogP contribution in [0.1, 0.15) is 6.92 Å². The van der Waals surface area contributed by atoms with E-state index >= 15 is 0 Å². The van der Waals surface area contributed by atoms with E-state index in [2.05, 4.69) is 27.6 Å². The molecule has 4 rings (SSSR count). The molecule has 7 heteroatoms. The summed E-state index contributed by atoms with van der Waals surface area (Å²) < 4.78 is 1.75. The predicted molar refractivity (Wildman–Crippen MR) is 90.7 cm³/mol. The van der Waals surface area contributed by atoms with Gasteiger partial charge < -0.3 is 10.6 Å². The number of pyridine rings is 1. The fourth-order valence-electron chi connectivity index (χ4n) is 2.91. The number of hydrogen-bond acceptors (Lipinski definition) is 5. The van der Waals surface area contributed by atoms with Gasteiger partial charge in [-0.15, -0.1) is 0 Å². The number of aromatic nitrogens is 4. The van der Waals surface area contributed by atoms with E-state index in [4.69, 9.17) is 16.6 Å². The maximum absolute atomic E-state index is 6.00. The Morgan fingerprint density at radius 1 is 1.26 bits per heavy atom. The number of nitrogens with one attached hydrogen (secondary N) is 2. The van der Waals surface area contributed by atoms with Gasteiger partial charge in [0, 0.05) is 24.3 Å². The van der Waals surface area contributed by atoms with Gasteiger partial charge in [-0.05, 0) is 24.6 Å². The van der Waals surface area contributed by atoms with Gasteiger partial charge in [0.1, 0.15) is 5.82 Å². The summed E-state index contributed by atoms with van der Waals surface area (Å²) >= 11 is 6.00. The third-order valence-corrected chi connectivity index (χ3v) is 4.46. The standard InChI is InChI=1S/C16H17ClN6/c1-10-4-18-6-13(10)21-16-8-19-7-14(22-16)12-5-20-23-9-11(17)2-3-15(12)23/h2-3,5,7-10,13,18H,4,6H2,1H3,(H,21,22). The summed E-state index contributed by atoms with van der Waals surface area (Å²) in [6, 6.07) is 4.17. The van der Waals surface area contributed by atoms with Gasteiger partial charge in [0.2, 0.25) is 0 Å². The summed E-state index contributed by atoms with van der Waals surface area (Å²) in [4.78, 5) is 9.02. The molecule has 0 aromatic carbocycles. The van der Waals surface area contributed by atoms with E-state index < -0.39 is 0 Å². The van der Waals surface area contributed by atoms with Crippen LogP contribution in [0, 0.1) is 5.92 Å². The molecule has 1 aliphatic rings. The van der Waals surface area contributed by atoms with E-state index in [1.54, 1.807) is 29.3 Å². The zero-order valence-electron chi connectivity index (χ0n) is 12.7. The Labute approximate surface area is 138 Å². The van der Waals surface area contributed by atoms with E-state index in [1.807, 2.05) is 12.1 Å². The van der Waals surface area contributed by atoms with Crippen molar-refractivity contribution >= 4 is 22.9 Å². The van der Waals surface area contributed by atoms with E-state index in [0.717, 1.165) is 35.7 Å². The average Bonchev–Trinajstić information content (AvgIpc) is 3.14. The van der Waals surface area contributed by atoms with Crippen LogP contribution in [-0.4, -0.2) is 38.7 Å². The van der Waals surface area contributed by atoms with Crippen LogP contribution >= 0.6 is 11.6 Å². The molecule has 1 aliphatic heterocycles. The van der Waals surface area contributed by atoms with Crippen molar-refractivity contribution in [1.82, 2.24) is 24.9 Å². The van der Waals surface area contributed by atoms with Crippen molar-refractivity contribution in [2.24, 2.45) is 5.92 Å². The van der Waals surface area contributed by atoms with Gasteiger partial charge >= 0.3 is 0 Å². The van der Waals surface area contributed by atoms with E-state index in [1.165, 1.54) is 0 Å². The molecule has 118 valence electrons. The maximum atomic E-state index is 6.00. The van der Waals surface area contributed by atoms with E-state index in [-0.39, 0.29) is 0 Å². The van der Waals surface area contributed by atoms with Gasteiger partial charge in [0.15, 0.2) is 0 Å². The maximum Gasteiger partial charge on any atom is 0.145 e. The fourth-order valence-corrected chi connectivity index (χ4v) is 3.07. The highest BCUT2D eigenvalue weighted by atomic mass is 35.5. The van der Waals surface area contributed by atoms with Crippen LogP contribution in [0.4, 0.5) is 5.82 Å². The number of fused-ring (bicyclic) bond motifs is 1. The molecular weight excluding hydrogens is 312 g/mol. The van der Waals surface area contributed by atoms with Gasteiger partial charge in [0.25, 0.3) is 0 Å². The molecule has 0 aliphatic carbocycles. The lowest BCUT2D eigenvalue weighted by atomic mass is 10.1. The SMILES string of the molecule is CC1CNCC1Nc1cncc(-c2cnn3cc(Cl)ccc23)n1. The molecular formula is C16H17ClN6. The normalized spacial score (nSPS) is 21.0. The van der Waals surface area contributed by atoms with Gasteiger partial charge in [0.05, 0.1) is 34.8 Å². The summed E-state index contributed by atoms with van der Waals surface area (Å²) in [7, 11) is 0. The van der Waals surface area contributed by atoms with Crippen molar-refractivity contribution in [3.8, 4) is 11.3 Å². The molecule has 4 heterocycles. The topological polar surface area (TPSA) is 67.1 Å². The van der Waals surface area contributed by atoms with Crippen LogP contribution in [0.3, 0.4) is 0 Å². The number of anilines is 1. The predicted octanol–water partition coefficient (Wildman–Crippen LogP) is 2.46.